The summed E-state index contributed by atoms with van der Waals surface area (Å²) in [5.74, 6) is -0.531. The van der Waals surface area contributed by atoms with Crippen LogP contribution in [0.1, 0.15) is 25.5 Å². The minimum Gasteiger partial charge on any atom is -0.356 e. The molecule has 128 valence electrons. The van der Waals surface area contributed by atoms with Crippen LogP contribution in [0.5, 0.6) is 0 Å². The highest BCUT2D eigenvalue weighted by Gasteiger charge is 2.30. The number of thiazole rings is 1. The molecule has 3 rings (SSSR count). The third-order valence-electron chi connectivity index (χ3n) is 3.89. The fourth-order valence-corrected chi connectivity index (χ4v) is 3.37. The number of ether oxygens (including phenoxy) is 2. The van der Waals surface area contributed by atoms with E-state index in [0.717, 1.165) is 16.3 Å². The molecule has 2 aromatic heterocycles. The quantitative estimate of drug-likeness (QED) is 0.833. The van der Waals surface area contributed by atoms with Gasteiger partial charge in [-0.25, -0.2) is 4.98 Å². The first-order valence-electron chi connectivity index (χ1n) is 8.04. The molecule has 0 bridgehead atoms. The van der Waals surface area contributed by atoms with Crippen LogP contribution in [0, 0.1) is 0 Å². The molecule has 7 heteroatoms. The Morgan fingerprint density at radius 3 is 2.83 bits per heavy atom. The lowest BCUT2D eigenvalue weighted by Gasteiger charge is -2.22. The normalized spacial score (nSPS) is 16.2. The average Bonchev–Trinajstić information content (AvgIpc) is 3.23. The van der Waals surface area contributed by atoms with Crippen molar-refractivity contribution in [2.45, 2.75) is 32.0 Å². The first kappa shape index (κ1) is 17.0. The number of carbonyl (C=O) groups is 1. The van der Waals surface area contributed by atoms with E-state index in [0.29, 0.717) is 39.0 Å². The first-order chi connectivity index (χ1) is 11.6. The predicted molar refractivity (Wildman–Crippen MR) is 91.6 cm³/mol. The number of aryl methyl sites for hydroxylation is 1. The minimum absolute atomic E-state index is 0.0232. The van der Waals surface area contributed by atoms with Gasteiger partial charge in [0.05, 0.1) is 18.9 Å². The SMILES string of the molecule is CC1(CCNC(=O)CCc2csc(-c3ccncc3)n2)OCCO1. The van der Waals surface area contributed by atoms with Gasteiger partial charge in [-0.15, -0.1) is 11.3 Å². The van der Waals surface area contributed by atoms with Crippen molar-refractivity contribution in [3.8, 4) is 10.6 Å². The van der Waals surface area contributed by atoms with Crippen LogP contribution in [-0.4, -0.2) is 41.4 Å². The van der Waals surface area contributed by atoms with E-state index in [1.807, 2.05) is 24.4 Å². The second kappa shape index (κ2) is 7.83. The molecule has 1 aliphatic heterocycles. The summed E-state index contributed by atoms with van der Waals surface area (Å²) in [5, 5.41) is 5.87. The Balaban J connectivity index is 1.41. The van der Waals surface area contributed by atoms with E-state index in [9.17, 15) is 4.79 Å². The molecule has 1 saturated heterocycles. The van der Waals surface area contributed by atoms with Crippen molar-refractivity contribution < 1.29 is 14.3 Å². The summed E-state index contributed by atoms with van der Waals surface area (Å²) in [6.07, 6.45) is 5.22. The van der Waals surface area contributed by atoms with Crippen LogP contribution in [0.4, 0.5) is 0 Å². The summed E-state index contributed by atoms with van der Waals surface area (Å²) in [5.41, 5.74) is 1.99. The molecular weight excluding hydrogens is 326 g/mol. The Bertz CT molecular complexity index is 669. The fraction of sp³-hybridized carbons (Fsp3) is 0.471. The summed E-state index contributed by atoms with van der Waals surface area (Å²) < 4.78 is 11.0. The molecule has 1 amide bonds. The van der Waals surface area contributed by atoms with E-state index in [1.165, 1.54) is 0 Å². The summed E-state index contributed by atoms with van der Waals surface area (Å²) in [4.78, 5) is 20.5. The van der Waals surface area contributed by atoms with Crippen LogP contribution >= 0.6 is 11.3 Å². The number of nitrogens with one attached hydrogen (secondary N) is 1. The maximum atomic E-state index is 11.9. The third kappa shape index (κ3) is 4.59. The summed E-state index contributed by atoms with van der Waals surface area (Å²) in [7, 11) is 0. The van der Waals surface area contributed by atoms with Crippen LogP contribution in [0.15, 0.2) is 29.9 Å². The van der Waals surface area contributed by atoms with E-state index < -0.39 is 5.79 Å². The largest absolute Gasteiger partial charge is 0.356 e. The van der Waals surface area contributed by atoms with E-state index in [4.69, 9.17) is 9.47 Å². The second-order valence-corrected chi connectivity index (χ2v) is 6.67. The lowest BCUT2D eigenvalue weighted by atomic mass is 10.2. The van der Waals surface area contributed by atoms with Crippen LogP contribution < -0.4 is 5.32 Å². The molecule has 1 fully saturated rings. The Kier molecular flexibility index (Phi) is 5.55. The summed E-state index contributed by atoms with van der Waals surface area (Å²) in [6, 6.07) is 3.87. The number of rotatable bonds is 7. The molecule has 6 nitrogen and oxygen atoms in total. The van der Waals surface area contributed by atoms with Gasteiger partial charge in [0, 0.05) is 42.7 Å². The number of carbonyl (C=O) groups excluding carboxylic acids is 1. The van der Waals surface area contributed by atoms with Gasteiger partial charge < -0.3 is 14.8 Å². The predicted octanol–water partition coefficient (Wildman–Crippen LogP) is 2.41. The van der Waals surface area contributed by atoms with Crippen LogP contribution in [0.2, 0.25) is 0 Å². The summed E-state index contributed by atoms with van der Waals surface area (Å²) >= 11 is 1.58. The van der Waals surface area contributed by atoms with Gasteiger partial charge in [-0.1, -0.05) is 0 Å². The minimum atomic E-state index is -0.554. The Morgan fingerprint density at radius 2 is 2.08 bits per heavy atom. The van der Waals surface area contributed by atoms with Crippen molar-refractivity contribution in [2.75, 3.05) is 19.8 Å². The molecule has 2 aromatic rings. The topological polar surface area (TPSA) is 73.3 Å². The molecule has 0 atom stereocenters. The smallest absolute Gasteiger partial charge is 0.220 e. The number of nitrogens with zero attached hydrogens (tertiary/aromatic N) is 2. The monoisotopic (exact) mass is 347 g/mol. The standard InChI is InChI=1S/C17H21N3O3S/c1-17(22-10-11-23-17)6-9-19-15(21)3-2-14-12-24-16(20-14)13-4-7-18-8-5-13/h4-5,7-8,12H,2-3,6,9-11H2,1H3,(H,19,21). The lowest BCUT2D eigenvalue weighted by Crippen LogP contribution is -2.33. The van der Waals surface area contributed by atoms with Crippen LogP contribution in [-0.2, 0) is 20.7 Å². The van der Waals surface area contributed by atoms with Gasteiger partial charge in [0.1, 0.15) is 5.01 Å². The zero-order chi connectivity index (χ0) is 16.8. The Labute approximate surface area is 145 Å². The molecule has 1 aliphatic rings. The highest BCUT2D eigenvalue weighted by Crippen LogP contribution is 2.23. The van der Waals surface area contributed by atoms with E-state index in [-0.39, 0.29) is 5.91 Å². The van der Waals surface area contributed by atoms with Crippen molar-refractivity contribution >= 4 is 17.2 Å². The maximum Gasteiger partial charge on any atom is 0.220 e. The zero-order valence-corrected chi connectivity index (χ0v) is 14.5. The van der Waals surface area contributed by atoms with Gasteiger partial charge in [-0.3, -0.25) is 9.78 Å². The van der Waals surface area contributed by atoms with Gasteiger partial charge in [0.25, 0.3) is 0 Å². The molecule has 0 radical (unpaired) electrons. The van der Waals surface area contributed by atoms with E-state index >= 15 is 0 Å². The second-order valence-electron chi connectivity index (χ2n) is 5.81. The van der Waals surface area contributed by atoms with Crippen molar-refractivity contribution in [3.63, 3.8) is 0 Å². The maximum absolute atomic E-state index is 11.9. The number of pyridine rings is 1. The molecule has 0 unspecified atom stereocenters. The summed E-state index contributed by atoms with van der Waals surface area (Å²) in [6.45, 7) is 3.69. The number of hydrogen-bond acceptors (Lipinski definition) is 6. The van der Waals surface area contributed by atoms with E-state index in [2.05, 4.69) is 15.3 Å². The Hall–Kier alpha value is -1.83. The number of hydrogen-bond donors (Lipinski definition) is 1. The molecule has 24 heavy (non-hydrogen) atoms. The van der Waals surface area contributed by atoms with Crippen molar-refractivity contribution in [1.82, 2.24) is 15.3 Å². The molecule has 1 N–H and O–H groups in total. The average molecular weight is 347 g/mol. The van der Waals surface area contributed by atoms with Gasteiger partial charge in [0.2, 0.25) is 5.91 Å². The van der Waals surface area contributed by atoms with Gasteiger partial charge in [-0.05, 0) is 25.5 Å². The molecule has 0 spiro atoms. The van der Waals surface area contributed by atoms with E-state index in [1.54, 1.807) is 23.7 Å². The molecule has 0 aromatic carbocycles. The van der Waals surface area contributed by atoms with Crippen molar-refractivity contribution in [3.05, 3.63) is 35.6 Å². The van der Waals surface area contributed by atoms with Crippen molar-refractivity contribution in [2.24, 2.45) is 0 Å². The lowest BCUT2D eigenvalue weighted by molar-refractivity contribution is -0.146. The molecular formula is C17H21N3O3S. The van der Waals surface area contributed by atoms with Gasteiger partial charge in [0.15, 0.2) is 5.79 Å². The fourth-order valence-electron chi connectivity index (χ4n) is 2.51. The zero-order valence-electron chi connectivity index (χ0n) is 13.7. The molecule has 0 saturated carbocycles. The van der Waals surface area contributed by atoms with Crippen LogP contribution in [0.3, 0.4) is 0 Å². The van der Waals surface area contributed by atoms with Crippen LogP contribution in [0.25, 0.3) is 10.6 Å². The number of amides is 1. The third-order valence-corrected chi connectivity index (χ3v) is 4.83. The van der Waals surface area contributed by atoms with Crippen molar-refractivity contribution in [1.29, 1.82) is 0 Å². The molecule has 3 heterocycles. The highest BCUT2D eigenvalue weighted by molar-refractivity contribution is 7.13. The first-order valence-corrected chi connectivity index (χ1v) is 8.92. The van der Waals surface area contributed by atoms with Gasteiger partial charge >= 0.3 is 0 Å². The van der Waals surface area contributed by atoms with Gasteiger partial charge in [-0.2, -0.15) is 0 Å². The number of aromatic nitrogens is 2. The molecule has 0 aliphatic carbocycles. The highest BCUT2D eigenvalue weighted by atomic mass is 32.1. The Morgan fingerprint density at radius 1 is 1.33 bits per heavy atom.